The first-order valence-electron chi connectivity index (χ1n) is 10.6. The molecule has 1 aliphatic carbocycles. The lowest BCUT2D eigenvalue weighted by molar-refractivity contribution is 0.0963. The highest BCUT2D eigenvalue weighted by molar-refractivity contribution is 7.17. The van der Waals surface area contributed by atoms with Gasteiger partial charge in [-0.15, -0.1) is 11.3 Å². The molecule has 0 bridgehead atoms. The first-order valence-corrected chi connectivity index (χ1v) is 11.4. The maximum atomic E-state index is 13.2. The first kappa shape index (κ1) is 20.5. The maximum absolute atomic E-state index is 13.2. The van der Waals surface area contributed by atoms with Gasteiger partial charge < -0.3 is 15.1 Å². The SMILES string of the molecule is CNC(=O)c1c(NC(=O)c2cc3c(ccc4ccccc43)oc2=O)sc2c1CCC(C)C2. The number of carbonyl (C=O) groups is 2. The smallest absolute Gasteiger partial charge is 0.349 e. The van der Waals surface area contributed by atoms with Crippen LogP contribution >= 0.6 is 11.3 Å². The van der Waals surface area contributed by atoms with E-state index < -0.39 is 11.5 Å². The number of fused-ring (bicyclic) bond motifs is 4. The van der Waals surface area contributed by atoms with Gasteiger partial charge in [0.2, 0.25) is 0 Å². The Morgan fingerprint density at radius 2 is 1.91 bits per heavy atom. The highest BCUT2D eigenvalue weighted by atomic mass is 32.1. The average molecular weight is 447 g/mol. The molecule has 0 fully saturated rings. The summed E-state index contributed by atoms with van der Waals surface area (Å²) in [5, 5.41) is 8.56. The minimum atomic E-state index is -0.707. The molecule has 0 saturated heterocycles. The molecule has 0 radical (unpaired) electrons. The van der Waals surface area contributed by atoms with Crippen molar-refractivity contribution in [2.45, 2.75) is 26.2 Å². The zero-order chi connectivity index (χ0) is 22.4. The average Bonchev–Trinajstić information content (AvgIpc) is 3.14. The van der Waals surface area contributed by atoms with Crippen LogP contribution in [0, 0.1) is 5.92 Å². The third-order valence-electron chi connectivity index (χ3n) is 6.08. The van der Waals surface area contributed by atoms with E-state index in [0.29, 0.717) is 27.5 Å². The number of hydrogen-bond acceptors (Lipinski definition) is 5. The lowest BCUT2D eigenvalue weighted by atomic mass is 9.88. The summed E-state index contributed by atoms with van der Waals surface area (Å²) < 4.78 is 5.46. The predicted molar refractivity (Wildman–Crippen MR) is 127 cm³/mol. The number of carbonyl (C=O) groups excluding carboxylic acids is 2. The summed E-state index contributed by atoms with van der Waals surface area (Å²) in [5.41, 5.74) is 1.14. The second-order valence-corrected chi connectivity index (χ2v) is 9.34. The molecule has 2 aromatic heterocycles. The standard InChI is InChI=1S/C25H22N2O4S/c1-13-7-9-16-20(11-13)32-24(21(16)23(29)26-2)27-22(28)18-12-17-15-6-4-3-5-14(15)8-10-19(17)31-25(18)30/h3-6,8,10,12-13H,7,9,11H2,1-2H3,(H,26,29)(H,27,28). The number of amides is 2. The summed E-state index contributed by atoms with van der Waals surface area (Å²) in [7, 11) is 1.58. The Balaban J connectivity index is 1.58. The van der Waals surface area contributed by atoms with E-state index in [0.717, 1.165) is 40.5 Å². The van der Waals surface area contributed by atoms with Crippen LogP contribution in [-0.2, 0) is 12.8 Å². The van der Waals surface area contributed by atoms with E-state index >= 15 is 0 Å². The van der Waals surface area contributed by atoms with Gasteiger partial charge in [0.1, 0.15) is 16.1 Å². The number of nitrogens with one attached hydrogen (secondary N) is 2. The van der Waals surface area contributed by atoms with Crippen molar-refractivity contribution in [3.05, 3.63) is 74.5 Å². The molecule has 1 atom stereocenters. The predicted octanol–water partition coefficient (Wildman–Crippen LogP) is 4.74. The number of thiophene rings is 1. The van der Waals surface area contributed by atoms with Gasteiger partial charge in [-0.05, 0) is 53.6 Å². The molecule has 2 heterocycles. The molecule has 32 heavy (non-hydrogen) atoms. The topological polar surface area (TPSA) is 88.4 Å². The summed E-state index contributed by atoms with van der Waals surface area (Å²) in [5.74, 6) is -0.280. The van der Waals surface area contributed by atoms with Gasteiger partial charge in [0, 0.05) is 17.3 Å². The van der Waals surface area contributed by atoms with Crippen molar-refractivity contribution in [1.29, 1.82) is 0 Å². The summed E-state index contributed by atoms with van der Waals surface area (Å²) in [4.78, 5) is 39.5. The molecule has 7 heteroatoms. The van der Waals surface area contributed by atoms with Crippen molar-refractivity contribution in [2.75, 3.05) is 12.4 Å². The van der Waals surface area contributed by atoms with E-state index in [4.69, 9.17) is 4.42 Å². The van der Waals surface area contributed by atoms with Crippen molar-refractivity contribution < 1.29 is 14.0 Å². The van der Waals surface area contributed by atoms with Crippen molar-refractivity contribution in [3.63, 3.8) is 0 Å². The number of rotatable bonds is 3. The highest BCUT2D eigenvalue weighted by Gasteiger charge is 2.28. The van der Waals surface area contributed by atoms with E-state index in [1.54, 1.807) is 19.2 Å². The quantitative estimate of drug-likeness (QED) is 0.351. The largest absolute Gasteiger partial charge is 0.422 e. The van der Waals surface area contributed by atoms with Crippen LogP contribution in [0.3, 0.4) is 0 Å². The van der Waals surface area contributed by atoms with Gasteiger partial charge >= 0.3 is 5.63 Å². The molecular weight excluding hydrogens is 424 g/mol. The minimum absolute atomic E-state index is 0.0866. The van der Waals surface area contributed by atoms with Crippen LogP contribution in [0.4, 0.5) is 5.00 Å². The summed E-state index contributed by atoms with van der Waals surface area (Å²) in [6, 6.07) is 12.9. The molecule has 0 aliphatic heterocycles. The molecule has 2 aromatic carbocycles. The fourth-order valence-electron chi connectivity index (χ4n) is 4.40. The Labute approximate surface area is 188 Å². The molecule has 0 spiro atoms. The molecule has 162 valence electrons. The van der Waals surface area contributed by atoms with Crippen LogP contribution in [-0.4, -0.2) is 18.9 Å². The second-order valence-electron chi connectivity index (χ2n) is 8.24. The highest BCUT2D eigenvalue weighted by Crippen LogP contribution is 2.39. The lowest BCUT2D eigenvalue weighted by Gasteiger charge is -2.18. The second kappa shape index (κ2) is 7.91. The maximum Gasteiger partial charge on any atom is 0.349 e. The molecule has 6 nitrogen and oxygen atoms in total. The molecule has 1 unspecified atom stereocenters. The van der Waals surface area contributed by atoms with Crippen molar-refractivity contribution in [3.8, 4) is 0 Å². The summed E-state index contributed by atoms with van der Waals surface area (Å²) in [6.45, 7) is 2.19. The number of anilines is 1. The Kier molecular flexibility index (Phi) is 5.06. The van der Waals surface area contributed by atoms with Gasteiger partial charge in [0.25, 0.3) is 11.8 Å². The monoisotopic (exact) mass is 446 g/mol. The van der Waals surface area contributed by atoms with Crippen molar-refractivity contribution in [2.24, 2.45) is 5.92 Å². The van der Waals surface area contributed by atoms with Crippen LogP contribution in [0.1, 0.15) is 44.5 Å². The molecule has 2 amide bonds. The zero-order valence-electron chi connectivity index (χ0n) is 17.8. The third kappa shape index (κ3) is 3.39. The van der Waals surface area contributed by atoms with E-state index in [-0.39, 0.29) is 11.5 Å². The van der Waals surface area contributed by atoms with Gasteiger partial charge in [-0.1, -0.05) is 37.3 Å². The zero-order valence-corrected chi connectivity index (χ0v) is 18.6. The van der Waals surface area contributed by atoms with Crippen molar-refractivity contribution in [1.82, 2.24) is 5.32 Å². The van der Waals surface area contributed by atoms with Gasteiger partial charge in [0.15, 0.2) is 0 Å². The molecule has 4 aromatic rings. The van der Waals surface area contributed by atoms with Gasteiger partial charge in [-0.25, -0.2) is 4.79 Å². The van der Waals surface area contributed by atoms with Crippen LogP contribution in [0.5, 0.6) is 0 Å². The lowest BCUT2D eigenvalue weighted by Crippen LogP contribution is -2.24. The normalized spacial score (nSPS) is 15.5. The molecule has 1 aliphatic rings. The summed E-state index contributed by atoms with van der Waals surface area (Å²) in [6.07, 6.45) is 2.68. The molecule has 0 saturated carbocycles. The molecule has 2 N–H and O–H groups in total. The minimum Gasteiger partial charge on any atom is -0.422 e. The molecule has 5 rings (SSSR count). The molecular formula is C25H22N2O4S. The van der Waals surface area contributed by atoms with E-state index in [2.05, 4.69) is 17.6 Å². The van der Waals surface area contributed by atoms with Gasteiger partial charge in [0.05, 0.1) is 5.56 Å². The van der Waals surface area contributed by atoms with Crippen molar-refractivity contribution >= 4 is 49.9 Å². The fraction of sp³-hybridized carbons (Fsp3) is 0.240. The fourth-order valence-corrected chi connectivity index (χ4v) is 5.81. The van der Waals surface area contributed by atoms with Crippen LogP contribution in [0.25, 0.3) is 21.7 Å². The van der Waals surface area contributed by atoms with E-state index in [1.165, 1.54) is 11.3 Å². The van der Waals surface area contributed by atoms with Gasteiger partial charge in [-0.3, -0.25) is 9.59 Å². The Morgan fingerprint density at radius 1 is 1.09 bits per heavy atom. The number of hydrogen-bond donors (Lipinski definition) is 2. The van der Waals surface area contributed by atoms with E-state index in [1.807, 2.05) is 30.3 Å². The Hall–Kier alpha value is -3.45. The van der Waals surface area contributed by atoms with Gasteiger partial charge in [-0.2, -0.15) is 0 Å². The third-order valence-corrected chi connectivity index (χ3v) is 7.25. The number of benzene rings is 2. The van der Waals surface area contributed by atoms with Crippen LogP contribution in [0.15, 0.2) is 51.7 Å². The summed E-state index contributed by atoms with van der Waals surface area (Å²) >= 11 is 1.42. The Morgan fingerprint density at radius 3 is 2.72 bits per heavy atom. The Bertz CT molecular complexity index is 1450. The van der Waals surface area contributed by atoms with Crippen LogP contribution < -0.4 is 16.3 Å². The van der Waals surface area contributed by atoms with Crippen LogP contribution in [0.2, 0.25) is 0 Å². The van der Waals surface area contributed by atoms with E-state index in [9.17, 15) is 14.4 Å². The first-order chi connectivity index (χ1) is 15.5.